The lowest BCUT2D eigenvalue weighted by molar-refractivity contribution is 0.417. The first-order valence-corrected chi connectivity index (χ1v) is 11.9. The Morgan fingerprint density at radius 3 is 2.61 bits per heavy atom. The van der Waals surface area contributed by atoms with Gasteiger partial charge in [0, 0.05) is 23.3 Å². The summed E-state index contributed by atoms with van der Waals surface area (Å²) < 4.78 is 31.6. The van der Waals surface area contributed by atoms with Crippen LogP contribution < -0.4 is 19.7 Å². The van der Waals surface area contributed by atoms with Crippen LogP contribution in [-0.2, 0) is 10.0 Å². The number of nitrogens with zero attached hydrogens (tertiary/aromatic N) is 2. The molecular weight excluding hydrogens is 434 g/mol. The van der Waals surface area contributed by atoms with Crippen LogP contribution in [0.4, 0.5) is 11.4 Å². The van der Waals surface area contributed by atoms with Gasteiger partial charge in [0.15, 0.2) is 5.11 Å². The molecule has 1 aliphatic heterocycles. The zero-order valence-electron chi connectivity index (χ0n) is 17.3. The highest BCUT2D eigenvalue weighted by atomic mass is 32.2. The van der Waals surface area contributed by atoms with Crippen LogP contribution in [0, 0.1) is 6.92 Å². The standard InChI is InChI=1S/C21H23N5O3S2/c1-13-7-9-16(23-13)20-19(15-6-4-5-11-22-15)24-21(30)26(20)14-8-10-18(29-2)17(12-14)25-31(3,27)28/h4-12,19-20,23,25H,1-3H3,(H,24,30). The smallest absolute Gasteiger partial charge is 0.229 e. The van der Waals surface area contributed by atoms with Crippen LogP contribution in [0.3, 0.4) is 0 Å². The summed E-state index contributed by atoms with van der Waals surface area (Å²) in [6, 6.07) is 14.7. The third-order valence-corrected chi connectivity index (χ3v) is 5.93. The molecule has 1 saturated heterocycles. The van der Waals surface area contributed by atoms with Crippen LogP contribution in [0.25, 0.3) is 0 Å². The maximum absolute atomic E-state index is 11.9. The second-order valence-corrected chi connectivity index (χ2v) is 9.49. The summed E-state index contributed by atoms with van der Waals surface area (Å²) >= 11 is 5.70. The van der Waals surface area contributed by atoms with Crippen molar-refractivity contribution in [2.45, 2.75) is 19.0 Å². The van der Waals surface area contributed by atoms with Gasteiger partial charge in [-0.25, -0.2) is 8.42 Å². The van der Waals surface area contributed by atoms with Gasteiger partial charge >= 0.3 is 0 Å². The number of hydrogen-bond donors (Lipinski definition) is 3. The minimum absolute atomic E-state index is 0.194. The maximum atomic E-state index is 11.9. The second kappa shape index (κ2) is 8.20. The minimum atomic E-state index is -3.49. The van der Waals surface area contributed by atoms with Gasteiger partial charge in [0.1, 0.15) is 11.8 Å². The van der Waals surface area contributed by atoms with Gasteiger partial charge in [-0.2, -0.15) is 0 Å². The minimum Gasteiger partial charge on any atom is -0.495 e. The fourth-order valence-electron chi connectivity index (χ4n) is 3.77. The van der Waals surface area contributed by atoms with Crippen molar-refractivity contribution in [2.75, 3.05) is 23.0 Å². The van der Waals surface area contributed by atoms with Crippen LogP contribution >= 0.6 is 12.2 Å². The van der Waals surface area contributed by atoms with Gasteiger partial charge in [-0.3, -0.25) is 9.71 Å². The molecule has 0 radical (unpaired) electrons. The molecule has 4 rings (SSSR count). The van der Waals surface area contributed by atoms with Crippen molar-refractivity contribution in [1.82, 2.24) is 15.3 Å². The lowest BCUT2D eigenvalue weighted by Gasteiger charge is -2.27. The van der Waals surface area contributed by atoms with E-state index in [0.717, 1.165) is 29.0 Å². The van der Waals surface area contributed by atoms with Crippen molar-refractivity contribution < 1.29 is 13.2 Å². The Hall–Kier alpha value is -3.11. The number of benzene rings is 1. The Bertz CT molecular complexity index is 1210. The zero-order valence-corrected chi connectivity index (χ0v) is 18.9. The van der Waals surface area contributed by atoms with Crippen molar-refractivity contribution in [3.8, 4) is 5.75 Å². The Balaban J connectivity index is 1.82. The molecule has 10 heteroatoms. The van der Waals surface area contributed by atoms with Gasteiger partial charge in [-0.05, 0) is 61.6 Å². The summed E-state index contributed by atoms with van der Waals surface area (Å²) in [5.41, 5.74) is 3.91. The fourth-order valence-corrected chi connectivity index (χ4v) is 4.68. The van der Waals surface area contributed by atoms with Crippen LogP contribution in [0.15, 0.2) is 54.7 Å². The second-order valence-electron chi connectivity index (χ2n) is 7.35. The van der Waals surface area contributed by atoms with E-state index in [4.69, 9.17) is 17.0 Å². The van der Waals surface area contributed by atoms with E-state index in [1.54, 1.807) is 18.3 Å². The van der Waals surface area contributed by atoms with Gasteiger partial charge in [-0.15, -0.1) is 0 Å². The Morgan fingerprint density at radius 2 is 2.00 bits per heavy atom. The van der Waals surface area contributed by atoms with E-state index in [9.17, 15) is 8.42 Å². The van der Waals surface area contributed by atoms with E-state index >= 15 is 0 Å². The molecule has 2 unspecified atom stereocenters. The highest BCUT2D eigenvalue weighted by molar-refractivity contribution is 7.92. The fraction of sp³-hybridized carbons (Fsp3) is 0.238. The number of aromatic nitrogens is 2. The highest BCUT2D eigenvalue weighted by Crippen LogP contribution is 2.42. The van der Waals surface area contributed by atoms with Gasteiger partial charge in [0.25, 0.3) is 0 Å². The summed E-state index contributed by atoms with van der Waals surface area (Å²) in [6.07, 6.45) is 2.85. The van der Waals surface area contributed by atoms with E-state index in [1.807, 2.05) is 48.2 Å². The van der Waals surface area contributed by atoms with E-state index < -0.39 is 10.0 Å². The number of ether oxygens (including phenoxy) is 1. The molecule has 3 aromatic rings. The normalized spacial score (nSPS) is 18.7. The predicted molar refractivity (Wildman–Crippen MR) is 125 cm³/mol. The number of hydrogen-bond acceptors (Lipinski definition) is 5. The van der Waals surface area contributed by atoms with E-state index in [1.165, 1.54) is 7.11 Å². The van der Waals surface area contributed by atoms with Crippen LogP contribution in [-0.4, -0.2) is 36.9 Å². The SMILES string of the molecule is COc1ccc(N2C(=S)NC(c3ccccn3)C2c2ccc(C)[nH]2)cc1NS(C)(=O)=O. The zero-order chi connectivity index (χ0) is 22.2. The average molecular weight is 458 g/mol. The third kappa shape index (κ3) is 4.35. The number of nitrogens with one attached hydrogen (secondary N) is 3. The van der Waals surface area contributed by atoms with Gasteiger partial charge < -0.3 is 19.9 Å². The summed E-state index contributed by atoms with van der Waals surface area (Å²) in [4.78, 5) is 9.90. The van der Waals surface area contributed by atoms with Crippen molar-refractivity contribution >= 4 is 38.7 Å². The molecule has 2 aromatic heterocycles. The molecule has 1 aliphatic rings. The number of rotatable bonds is 6. The molecule has 0 saturated carbocycles. The molecule has 1 aromatic carbocycles. The number of anilines is 2. The van der Waals surface area contributed by atoms with Crippen LogP contribution in [0.1, 0.15) is 29.2 Å². The molecule has 0 amide bonds. The molecule has 0 spiro atoms. The number of methoxy groups -OCH3 is 1. The average Bonchev–Trinajstić information content (AvgIpc) is 3.30. The molecule has 0 aliphatic carbocycles. The van der Waals surface area contributed by atoms with Crippen molar-refractivity contribution in [3.63, 3.8) is 0 Å². The topological polar surface area (TPSA) is 99.3 Å². The van der Waals surface area contributed by atoms with Crippen molar-refractivity contribution in [3.05, 3.63) is 71.8 Å². The first-order valence-electron chi connectivity index (χ1n) is 9.59. The number of H-pyrrole nitrogens is 1. The number of pyridine rings is 1. The molecule has 0 bridgehead atoms. The number of thiocarbonyl (C=S) groups is 1. The quantitative estimate of drug-likeness (QED) is 0.489. The summed E-state index contributed by atoms with van der Waals surface area (Å²) in [6.45, 7) is 1.99. The molecule has 162 valence electrons. The molecular formula is C21H23N5O3S2. The van der Waals surface area contributed by atoms with E-state index in [2.05, 4.69) is 20.0 Å². The van der Waals surface area contributed by atoms with Gasteiger partial charge in [0.2, 0.25) is 10.0 Å². The lowest BCUT2D eigenvalue weighted by Crippen LogP contribution is -2.29. The first-order chi connectivity index (χ1) is 14.8. The molecule has 1 fully saturated rings. The van der Waals surface area contributed by atoms with Crippen molar-refractivity contribution in [2.24, 2.45) is 0 Å². The largest absolute Gasteiger partial charge is 0.495 e. The number of sulfonamides is 1. The summed E-state index contributed by atoms with van der Waals surface area (Å²) in [5, 5.41) is 3.89. The van der Waals surface area contributed by atoms with Crippen LogP contribution in [0.5, 0.6) is 5.75 Å². The highest BCUT2D eigenvalue weighted by Gasteiger charge is 2.41. The molecule has 3 heterocycles. The Labute approximate surface area is 186 Å². The van der Waals surface area contributed by atoms with E-state index in [0.29, 0.717) is 16.5 Å². The molecule has 31 heavy (non-hydrogen) atoms. The van der Waals surface area contributed by atoms with Crippen molar-refractivity contribution in [1.29, 1.82) is 0 Å². The maximum Gasteiger partial charge on any atom is 0.229 e. The van der Waals surface area contributed by atoms with Gasteiger partial charge in [0.05, 0.1) is 30.8 Å². The Morgan fingerprint density at radius 1 is 1.19 bits per heavy atom. The van der Waals surface area contributed by atoms with E-state index in [-0.39, 0.29) is 12.1 Å². The first kappa shape index (κ1) is 21.1. The summed E-state index contributed by atoms with van der Waals surface area (Å²) in [5.74, 6) is 0.417. The molecule has 3 N–H and O–H groups in total. The lowest BCUT2D eigenvalue weighted by atomic mass is 10.0. The summed E-state index contributed by atoms with van der Waals surface area (Å²) in [7, 11) is -2.00. The molecule has 2 atom stereocenters. The Kier molecular flexibility index (Phi) is 5.59. The van der Waals surface area contributed by atoms with Gasteiger partial charge in [-0.1, -0.05) is 6.07 Å². The third-order valence-electron chi connectivity index (χ3n) is 5.03. The number of aromatic amines is 1. The predicted octanol–water partition coefficient (Wildman–Crippen LogP) is 3.28. The number of aryl methyl sites for hydroxylation is 1. The molecule has 8 nitrogen and oxygen atoms in total. The van der Waals surface area contributed by atoms with Crippen LogP contribution in [0.2, 0.25) is 0 Å². The monoisotopic (exact) mass is 457 g/mol.